The summed E-state index contributed by atoms with van der Waals surface area (Å²) in [5.41, 5.74) is 0.837. The number of H-pyrrole nitrogens is 1. The number of aromatic amines is 1. The first-order chi connectivity index (χ1) is 7.42. The van der Waals surface area contributed by atoms with Crippen LogP contribution < -0.4 is 4.74 Å². The Kier molecular flexibility index (Phi) is 2.73. The number of benzene rings is 1. The van der Waals surface area contributed by atoms with Gasteiger partial charge < -0.3 is 4.74 Å². The second-order valence-corrected chi connectivity index (χ2v) is 2.85. The van der Waals surface area contributed by atoms with Crippen molar-refractivity contribution >= 4 is 0 Å². The van der Waals surface area contributed by atoms with Gasteiger partial charge in [0, 0.05) is 0 Å². The lowest BCUT2D eigenvalue weighted by Crippen LogP contribution is -1.95. The number of aromatic nitrogens is 4. The normalized spacial score (nSPS) is 9.87. The lowest BCUT2D eigenvalue weighted by Gasteiger charge is -2.06. The molecule has 15 heavy (non-hydrogen) atoms. The van der Waals surface area contributed by atoms with E-state index in [1.165, 1.54) is 0 Å². The monoisotopic (exact) mass is 202 g/mol. The molecule has 2 aromatic rings. The Hall–Kier alpha value is -2.17. The number of nitrogens with zero attached hydrogens (tertiary/aromatic N) is 3. The van der Waals surface area contributed by atoms with Crippen molar-refractivity contribution in [2.24, 2.45) is 0 Å². The quantitative estimate of drug-likeness (QED) is 0.762. The third-order valence-corrected chi connectivity index (χ3v) is 1.84. The van der Waals surface area contributed by atoms with Gasteiger partial charge in [0.05, 0.1) is 5.56 Å². The average molecular weight is 202 g/mol. The maximum atomic E-state index is 5.48. The maximum absolute atomic E-state index is 5.48. The average Bonchev–Trinajstić information content (AvgIpc) is 2.80. The van der Waals surface area contributed by atoms with Crippen LogP contribution in [0.4, 0.5) is 0 Å². The Balaban J connectivity index is 2.34. The second-order valence-electron chi connectivity index (χ2n) is 2.85. The zero-order valence-corrected chi connectivity index (χ0v) is 8.05. The fourth-order valence-corrected chi connectivity index (χ4v) is 1.21. The number of hydrogen-bond donors (Lipinski definition) is 1. The van der Waals surface area contributed by atoms with E-state index < -0.39 is 0 Å². The standard InChI is InChI=1S/C10H10N4O/c1-2-7-15-9-6-4-3-5-8(9)10-11-13-14-12-10/h2-6H,1,7H2,(H,11,12,13,14). The van der Waals surface area contributed by atoms with E-state index in [1.54, 1.807) is 6.08 Å². The van der Waals surface area contributed by atoms with Crippen LogP contribution in [0.25, 0.3) is 11.4 Å². The van der Waals surface area contributed by atoms with Gasteiger partial charge in [0.1, 0.15) is 12.4 Å². The van der Waals surface area contributed by atoms with Gasteiger partial charge >= 0.3 is 0 Å². The number of rotatable bonds is 4. The van der Waals surface area contributed by atoms with Crippen molar-refractivity contribution in [3.05, 3.63) is 36.9 Å². The van der Waals surface area contributed by atoms with Crippen LogP contribution in [0.2, 0.25) is 0 Å². The summed E-state index contributed by atoms with van der Waals surface area (Å²) in [6.07, 6.45) is 1.69. The molecule has 76 valence electrons. The van der Waals surface area contributed by atoms with E-state index in [4.69, 9.17) is 4.74 Å². The molecule has 0 radical (unpaired) electrons. The Morgan fingerprint density at radius 1 is 1.40 bits per heavy atom. The van der Waals surface area contributed by atoms with Crippen LogP contribution in [0.15, 0.2) is 36.9 Å². The van der Waals surface area contributed by atoms with Crippen LogP contribution in [0.1, 0.15) is 0 Å². The summed E-state index contributed by atoms with van der Waals surface area (Å²) in [4.78, 5) is 0. The Morgan fingerprint density at radius 2 is 2.27 bits per heavy atom. The Labute approximate surface area is 86.8 Å². The molecule has 1 heterocycles. The van der Waals surface area contributed by atoms with E-state index in [1.807, 2.05) is 24.3 Å². The Morgan fingerprint density at radius 3 is 3.00 bits per heavy atom. The summed E-state index contributed by atoms with van der Waals surface area (Å²) in [6.45, 7) is 4.05. The minimum absolute atomic E-state index is 0.457. The van der Waals surface area contributed by atoms with Gasteiger partial charge in [0.25, 0.3) is 0 Å². The van der Waals surface area contributed by atoms with Crippen molar-refractivity contribution in [3.63, 3.8) is 0 Å². The van der Waals surface area contributed by atoms with E-state index >= 15 is 0 Å². The molecule has 5 nitrogen and oxygen atoms in total. The van der Waals surface area contributed by atoms with E-state index in [0.29, 0.717) is 12.4 Å². The summed E-state index contributed by atoms with van der Waals surface area (Å²) in [7, 11) is 0. The molecule has 0 atom stereocenters. The van der Waals surface area contributed by atoms with Crippen LogP contribution in [-0.4, -0.2) is 27.2 Å². The molecule has 0 aliphatic heterocycles. The third-order valence-electron chi connectivity index (χ3n) is 1.84. The van der Waals surface area contributed by atoms with Crippen molar-refractivity contribution in [1.82, 2.24) is 20.6 Å². The fourth-order valence-electron chi connectivity index (χ4n) is 1.21. The molecule has 0 saturated heterocycles. The molecule has 0 unspecified atom stereocenters. The molecule has 0 aliphatic rings. The summed E-state index contributed by atoms with van der Waals surface area (Å²) < 4.78 is 5.48. The zero-order chi connectivity index (χ0) is 10.5. The van der Waals surface area contributed by atoms with Crippen molar-refractivity contribution in [3.8, 4) is 17.1 Å². The summed E-state index contributed by atoms with van der Waals surface area (Å²) in [6, 6.07) is 7.55. The van der Waals surface area contributed by atoms with Crippen molar-refractivity contribution in [1.29, 1.82) is 0 Å². The van der Waals surface area contributed by atoms with Crippen LogP contribution >= 0.6 is 0 Å². The lowest BCUT2D eigenvalue weighted by atomic mass is 10.2. The second kappa shape index (κ2) is 4.36. The van der Waals surface area contributed by atoms with E-state index in [-0.39, 0.29) is 0 Å². The SMILES string of the molecule is C=CCOc1ccccc1-c1nnn[nH]1. The fraction of sp³-hybridized carbons (Fsp3) is 0.100. The molecule has 0 saturated carbocycles. The predicted molar refractivity (Wildman–Crippen MR) is 55.3 cm³/mol. The largest absolute Gasteiger partial charge is 0.489 e. The molecular formula is C10H10N4O. The zero-order valence-electron chi connectivity index (χ0n) is 8.05. The van der Waals surface area contributed by atoms with Gasteiger partial charge in [0.15, 0.2) is 5.82 Å². The smallest absolute Gasteiger partial charge is 0.183 e. The molecule has 0 bridgehead atoms. The van der Waals surface area contributed by atoms with Crippen molar-refractivity contribution in [2.75, 3.05) is 6.61 Å². The molecule has 0 spiro atoms. The topological polar surface area (TPSA) is 63.7 Å². The van der Waals surface area contributed by atoms with E-state index in [2.05, 4.69) is 27.2 Å². The van der Waals surface area contributed by atoms with E-state index in [9.17, 15) is 0 Å². The first-order valence-corrected chi connectivity index (χ1v) is 4.48. The van der Waals surface area contributed by atoms with Gasteiger partial charge in [-0.1, -0.05) is 24.8 Å². The van der Waals surface area contributed by atoms with Gasteiger partial charge in [-0.05, 0) is 22.6 Å². The van der Waals surface area contributed by atoms with Gasteiger partial charge in [-0.3, -0.25) is 0 Å². The van der Waals surface area contributed by atoms with Gasteiger partial charge in [-0.2, -0.15) is 0 Å². The molecule has 0 aliphatic carbocycles. The highest BCUT2D eigenvalue weighted by atomic mass is 16.5. The summed E-state index contributed by atoms with van der Waals surface area (Å²) in [5, 5.41) is 13.6. The molecule has 1 aromatic carbocycles. The van der Waals surface area contributed by atoms with Crippen molar-refractivity contribution in [2.45, 2.75) is 0 Å². The highest BCUT2D eigenvalue weighted by Crippen LogP contribution is 2.25. The van der Waals surface area contributed by atoms with E-state index in [0.717, 1.165) is 11.3 Å². The maximum Gasteiger partial charge on any atom is 0.183 e. The lowest BCUT2D eigenvalue weighted by molar-refractivity contribution is 0.364. The third kappa shape index (κ3) is 2.01. The Bertz CT molecular complexity index is 438. The minimum Gasteiger partial charge on any atom is -0.489 e. The van der Waals surface area contributed by atoms with Gasteiger partial charge in [-0.15, -0.1) is 5.10 Å². The van der Waals surface area contributed by atoms with Gasteiger partial charge in [-0.25, -0.2) is 5.10 Å². The first-order valence-electron chi connectivity index (χ1n) is 4.48. The number of hydrogen-bond acceptors (Lipinski definition) is 4. The van der Waals surface area contributed by atoms with Crippen LogP contribution in [0.5, 0.6) is 5.75 Å². The molecule has 0 fully saturated rings. The molecular weight excluding hydrogens is 192 g/mol. The number of ether oxygens (including phenoxy) is 1. The minimum atomic E-state index is 0.457. The summed E-state index contributed by atoms with van der Waals surface area (Å²) in [5.74, 6) is 1.32. The summed E-state index contributed by atoms with van der Waals surface area (Å²) >= 11 is 0. The number of para-hydroxylation sites is 1. The first kappa shape index (κ1) is 9.39. The van der Waals surface area contributed by atoms with Crippen LogP contribution in [0, 0.1) is 0 Å². The van der Waals surface area contributed by atoms with Crippen LogP contribution in [0.3, 0.4) is 0 Å². The number of nitrogens with one attached hydrogen (secondary N) is 1. The highest BCUT2D eigenvalue weighted by Gasteiger charge is 2.07. The number of tetrazole rings is 1. The van der Waals surface area contributed by atoms with Crippen LogP contribution in [-0.2, 0) is 0 Å². The molecule has 0 amide bonds. The highest BCUT2D eigenvalue weighted by molar-refractivity contribution is 5.63. The molecule has 1 N–H and O–H groups in total. The van der Waals surface area contributed by atoms with Gasteiger partial charge in [0.2, 0.25) is 0 Å². The molecule has 2 rings (SSSR count). The van der Waals surface area contributed by atoms with Crippen molar-refractivity contribution < 1.29 is 4.74 Å². The molecule has 1 aromatic heterocycles. The predicted octanol–water partition coefficient (Wildman–Crippen LogP) is 1.43. The molecule has 5 heteroatoms.